The predicted molar refractivity (Wildman–Crippen MR) is 76.5 cm³/mol. The van der Waals surface area contributed by atoms with E-state index in [4.69, 9.17) is 5.11 Å². The highest BCUT2D eigenvalue weighted by molar-refractivity contribution is 5.97. The Hall–Kier alpha value is -2.77. The number of non-ortho nitro benzene ring substituents is 1. The second kappa shape index (κ2) is 7.87. The smallest absolute Gasteiger partial charge is 0.326 e. The number of benzene rings is 1. The zero-order chi connectivity index (χ0) is 16.7. The Balaban J connectivity index is 2.78. The van der Waals surface area contributed by atoms with Crippen molar-refractivity contribution in [1.82, 2.24) is 5.32 Å². The summed E-state index contributed by atoms with van der Waals surface area (Å²) in [7, 11) is 0. The summed E-state index contributed by atoms with van der Waals surface area (Å²) < 4.78 is 0. The SMILES string of the molecule is CCC(=O)CC[C@@H](NC(=O)c1cccc([N+](=O)[O-])c1)C(=O)O. The maximum Gasteiger partial charge on any atom is 0.326 e. The van der Waals surface area contributed by atoms with Crippen molar-refractivity contribution in [2.75, 3.05) is 0 Å². The topological polar surface area (TPSA) is 127 Å². The Bertz CT molecular complexity index is 599. The van der Waals surface area contributed by atoms with Crippen molar-refractivity contribution in [1.29, 1.82) is 0 Å². The monoisotopic (exact) mass is 308 g/mol. The molecule has 118 valence electrons. The van der Waals surface area contributed by atoms with Gasteiger partial charge in [-0.3, -0.25) is 19.7 Å². The predicted octanol–water partition coefficient (Wildman–Crippen LogP) is 1.54. The number of ketones is 1. The highest BCUT2D eigenvalue weighted by atomic mass is 16.6. The second-order valence-electron chi connectivity index (χ2n) is 4.60. The van der Waals surface area contributed by atoms with E-state index >= 15 is 0 Å². The largest absolute Gasteiger partial charge is 0.480 e. The van der Waals surface area contributed by atoms with Gasteiger partial charge in [0.25, 0.3) is 11.6 Å². The van der Waals surface area contributed by atoms with Crippen LogP contribution in [0.1, 0.15) is 36.5 Å². The molecular formula is C14H16N2O6. The summed E-state index contributed by atoms with van der Waals surface area (Å²) in [6, 6.07) is 3.75. The Morgan fingerprint density at radius 1 is 1.36 bits per heavy atom. The molecule has 0 aliphatic carbocycles. The Morgan fingerprint density at radius 2 is 2.05 bits per heavy atom. The van der Waals surface area contributed by atoms with Crippen LogP contribution in [0.25, 0.3) is 0 Å². The molecule has 0 aliphatic heterocycles. The second-order valence-corrected chi connectivity index (χ2v) is 4.60. The normalized spacial score (nSPS) is 11.5. The maximum atomic E-state index is 12.0. The number of aliphatic carboxylic acids is 1. The van der Waals surface area contributed by atoms with Gasteiger partial charge < -0.3 is 10.4 Å². The van der Waals surface area contributed by atoms with E-state index in [0.717, 1.165) is 6.07 Å². The Kier molecular flexibility index (Phi) is 6.18. The molecule has 0 saturated heterocycles. The summed E-state index contributed by atoms with van der Waals surface area (Å²) in [5.41, 5.74) is -0.275. The van der Waals surface area contributed by atoms with Crippen molar-refractivity contribution in [3.8, 4) is 0 Å². The third-order valence-corrected chi connectivity index (χ3v) is 3.03. The lowest BCUT2D eigenvalue weighted by molar-refractivity contribution is -0.384. The number of nitro groups is 1. The van der Waals surface area contributed by atoms with Crippen molar-refractivity contribution in [3.63, 3.8) is 0 Å². The number of nitro benzene ring substituents is 1. The van der Waals surface area contributed by atoms with Gasteiger partial charge in [0.05, 0.1) is 4.92 Å². The van der Waals surface area contributed by atoms with Gasteiger partial charge in [-0.05, 0) is 12.5 Å². The molecule has 0 aliphatic rings. The third kappa shape index (κ3) is 4.97. The zero-order valence-corrected chi connectivity index (χ0v) is 11.9. The van der Waals surface area contributed by atoms with Crippen LogP contribution < -0.4 is 5.32 Å². The van der Waals surface area contributed by atoms with Crippen molar-refractivity contribution in [2.45, 2.75) is 32.2 Å². The van der Waals surface area contributed by atoms with Gasteiger partial charge in [-0.25, -0.2) is 4.79 Å². The van der Waals surface area contributed by atoms with Crippen LogP contribution in [0.4, 0.5) is 5.69 Å². The molecule has 0 bridgehead atoms. The number of hydrogen-bond donors (Lipinski definition) is 2. The summed E-state index contributed by atoms with van der Waals surface area (Å²) >= 11 is 0. The summed E-state index contributed by atoms with van der Waals surface area (Å²) in [5, 5.41) is 22.0. The molecule has 0 aromatic heterocycles. The van der Waals surface area contributed by atoms with Gasteiger partial charge in [-0.15, -0.1) is 0 Å². The van der Waals surface area contributed by atoms with Gasteiger partial charge >= 0.3 is 5.97 Å². The van der Waals surface area contributed by atoms with E-state index in [2.05, 4.69) is 5.32 Å². The van der Waals surface area contributed by atoms with E-state index < -0.39 is 22.8 Å². The summed E-state index contributed by atoms with van der Waals surface area (Å²) in [6.07, 6.45) is 0.316. The average Bonchev–Trinajstić information content (AvgIpc) is 2.50. The molecule has 22 heavy (non-hydrogen) atoms. The summed E-state index contributed by atoms with van der Waals surface area (Å²) in [4.78, 5) is 44.3. The van der Waals surface area contributed by atoms with Crippen LogP contribution >= 0.6 is 0 Å². The number of carbonyl (C=O) groups excluding carboxylic acids is 2. The van der Waals surface area contributed by atoms with E-state index in [1.807, 2.05) is 0 Å². The molecule has 1 aromatic carbocycles. The number of carboxylic acid groups (broad SMARTS) is 1. The fourth-order valence-electron chi connectivity index (χ4n) is 1.74. The lowest BCUT2D eigenvalue weighted by Gasteiger charge is -2.14. The number of nitrogens with one attached hydrogen (secondary N) is 1. The molecule has 1 rings (SSSR count). The Morgan fingerprint density at radius 3 is 2.59 bits per heavy atom. The molecule has 0 spiro atoms. The average molecular weight is 308 g/mol. The van der Waals surface area contributed by atoms with E-state index in [9.17, 15) is 24.5 Å². The minimum atomic E-state index is -1.26. The number of rotatable bonds is 8. The van der Waals surface area contributed by atoms with Crippen molar-refractivity contribution in [2.24, 2.45) is 0 Å². The van der Waals surface area contributed by atoms with E-state index in [1.54, 1.807) is 6.92 Å². The van der Waals surface area contributed by atoms with Crippen LogP contribution in [0.3, 0.4) is 0 Å². The van der Waals surface area contributed by atoms with Crippen LogP contribution in [-0.2, 0) is 9.59 Å². The van der Waals surface area contributed by atoms with Gasteiger partial charge in [0, 0.05) is 30.5 Å². The molecule has 0 unspecified atom stereocenters. The molecular weight excluding hydrogens is 292 g/mol. The molecule has 1 amide bonds. The number of Topliss-reactive ketones (excluding diaryl/α,β-unsaturated/α-hetero) is 1. The molecule has 8 nitrogen and oxygen atoms in total. The quantitative estimate of drug-likeness (QED) is 0.554. The molecule has 1 aromatic rings. The van der Waals surface area contributed by atoms with E-state index in [0.29, 0.717) is 6.42 Å². The van der Waals surface area contributed by atoms with Gasteiger partial charge in [0.15, 0.2) is 0 Å². The van der Waals surface area contributed by atoms with Gasteiger partial charge in [0.1, 0.15) is 11.8 Å². The number of carboxylic acids is 1. The lowest BCUT2D eigenvalue weighted by Crippen LogP contribution is -2.41. The maximum absolute atomic E-state index is 12.0. The fraction of sp³-hybridized carbons (Fsp3) is 0.357. The first-order valence-electron chi connectivity index (χ1n) is 6.65. The van der Waals surface area contributed by atoms with Crippen LogP contribution in [0.5, 0.6) is 0 Å². The van der Waals surface area contributed by atoms with Crippen LogP contribution in [-0.4, -0.2) is 33.7 Å². The van der Waals surface area contributed by atoms with Gasteiger partial charge in [-0.1, -0.05) is 13.0 Å². The van der Waals surface area contributed by atoms with Crippen LogP contribution in [0, 0.1) is 10.1 Å². The molecule has 8 heteroatoms. The number of amides is 1. The summed E-state index contributed by atoms with van der Waals surface area (Å²) in [5.74, 6) is -2.10. The zero-order valence-electron chi connectivity index (χ0n) is 11.9. The molecule has 1 atom stereocenters. The van der Waals surface area contributed by atoms with Crippen LogP contribution in [0.2, 0.25) is 0 Å². The molecule has 2 N–H and O–H groups in total. The molecule has 0 fully saturated rings. The van der Waals surface area contributed by atoms with E-state index in [1.165, 1.54) is 18.2 Å². The van der Waals surface area contributed by atoms with Crippen LogP contribution in [0.15, 0.2) is 24.3 Å². The first kappa shape index (κ1) is 17.3. The highest BCUT2D eigenvalue weighted by Crippen LogP contribution is 2.13. The molecule has 0 heterocycles. The highest BCUT2D eigenvalue weighted by Gasteiger charge is 2.22. The van der Waals surface area contributed by atoms with Crippen molar-refractivity contribution in [3.05, 3.63) is 39.9 Å². The summed E-state index contributed by atoms with van der Waals surface area (Å²) in [6.45, 7) is 1.67. The van der Waals surface area contributed by atoms with Gasteiger partial charge in [-0.2, -0.15) is 0 Å². The third-order valence-electron chi connectivity index (χ3n) is 3.03. The fourth-order valence-corrected chi connectivity index (χ4v) is 1.74. The molecule has 0 radical (unpaired) electrons. The number of carbonyl (C=O) groups is 3. The standard InChI is InChI=1S/C14H16N2O6/c1-2-11(17)6-7-12(14(19)20)15-13(18)9-4-3-5-10(8-9)16(21)22/h3-5,8,12H,2,6-7H2,1H3,(H,15,18)(H,19,20)/t12-/m1/s1. The minimum Gasteiger partial charge on any atom is -0.480 e. The number of hydrogen-bond acceptors (Lipinski definition) is 5. The van der Waals surface area contributed by atoms with Crippen molar-refractivity contribution < 1.29 is 24.4 Å². The number of nitrogens with zero attached hydrogens (tertiary/aromatic N) is 1. The first-order chi connectivity index (χ1) is 10.3. The van der Waals surface area contributed by atoms with Crippen molar-refractivity contribution >= 4 is 23.3 Å². The first-order valence-corrected chi connectivity index (χ1v) is 6.65. The van der Waals surface area contributed by atoms with Gasteiger partial charge in [0.2, 0.25) is 0 Å². The molecule has 0 saturated carbocycles. The minimum absolute atomic E-state index is 0.0118. The Labute approximate surface area is 126 Å². The van der Waals surface area contributed by atoms with E-state index in [-0.39, 0.29) is 29.9 Å². The lowest BCUT2D eigenvalue weighted by atomic mass is 10.1.